The number of rotatable bonds is 8. The van der Waals surface area contributed by atoms with Crippen molar-refractivity contribution in [2.24, 2.45) is 0 Å². The highest BCUT2D eigenvalue weighted by atomic mass is 35.5. The normalized spacial score (nSPS) is 13.7. The number of anilines is 1. The molecular weight excluding hydrogens is 424 g/mol. The van der Waals surface area contributed by atoms with Gasteiger partial charge in [0.2, 0.25) is 0 Å². The standard InChI is InChI=1S/C22H21ClN2O6/c1-13(19(26)24-16-7-5-15(23)6-8-16)31-22(29)14-4-9-17-18(12-14)21(28)25(20(17)27)10-3-11-30-2/h4-9,12-13H,3,10-11H2,1-2H3,(H,24,26)/t13-/m0/s1. The number of carbonyl (C=O) groups is 4. The Morgan fingerprint density at radius 3 is 2.42 bits per heavy atom. The minimum atomic E-state index is -1.08. The first-order chi connectivity index (χ1) is 14.8. The molecule has 1 N–H and O–H groups in total. The van der Waals surface area contributed by atoms with E-state index in [1.54, 1.807) is 24.3 Å². The summed E-state index contributed by atoms with van der Waals surface area (Å²) in [5, 5.41) is 3.15. The fourth-order valence-electron chi connectivity index (χ4n) is 3.05. The maximum Gasteiger partial charge on any atom is 0.338 e. The van der Waals surface area contributed by atoms with Crippen molar-refractivity contribution in [3.8, 4) is 0 Å². The second kappa shape index (κ2) is 9.72. The van der Waals surface area contributed by atoms with E-state index in [1.165, 1.54) is 32.2 Å². The number of imide groups is 1. The number of fused-ring (bicyclic) bond motifs is 1. The lowest BCUT2D eigenvalue weighted by molar-refractivity contribution is -0.123. The van der Waals surface area contributed by atoms with E-state index in [2.05, 4.69) is 5.32 Å². The van der Waals surface area contributed by atoms with Crippen LogP contribution in [0.5, 0.6) is 0 Å². The quantitative estimate of drug-likeness (QED) is 0.381. The topological polar surface area (TPSA) is 102 Å². The molecule has 1 heterocycles. The van der Waals surface area contributed by atoms with Crippen molar-refractivity contribution >= 4 is 41.0 Å². The highest BCUT2D eigenvalue weighted by molar-refractivity contribution is 6.30. The molecule has 0 unspecified atom stereocenters. The van der Waals surface area contributed by atoms with Crippen LogP contribution in [0.2, 0.25) is 5.02 Å². The Labute approximate surface area is 184 Å². The summed E-state index contributed by atoms with van der Waals surface area (Å²) in [5.74, 6) is -2.18. The molecule has 0 aromatic heterocycles. The molecule has 9 heteroatoms. The summed E-state index contributed by atoms with van der Waals surface area (Å²) in [6.45, 7) is 2.07. The van der Waals surface area contributed by atoms with Crippen LogP contribution in [0.1, 0.15) is 44.4 Å². The fourth-order valence-corrected chi connectivity index (χ4v) is 3.17. The van der Waals surface area contributed by atoms with Crippen LogP contribution in [0.3, 0.4) is 0 Å². The minimum Gasteiger partial charge on any atom is -0.449 e. The van der Waals surface area contributed by atoms with Gasteiger partial charge in [0.1, 0.15) is 0 Å². The van der Waals surface area contributed by atoms with Gasteiger partial charge in [0.25, 0.3) is 17.7 Å². The van der Waals surface area contributed by atoms with Crippen molar-refractivity contribution in [3.63, 3.8) is 0 Å². The summed E-state index contributed by atoms with van der Waals surface area (Å²) < 4.78 is 10.2. The number of ether oxygens (including phenoxy) is 2. The van der Waals surface area contributed by atoms with E-state index in [9.17, 15) is 19.2 Å². The summed E-state index contributed by atoms with van der Waals surface area (Å²) in [6.07, 6.45) is -0.573. The smallest absolute Gasteiger partial charge is 0.338 e. The number of carbonyl (C=O) groups excluding carboxylic acids is 4. The third-order valence-corrected chi connectivity index (χ3v) is 4.95. The number of halogens is 1. The van der Waals surface area contributed by atoms with Crippen LogP contribution in [-0.4, -0.2) is 55.0 Å². The van der Waals surface area contributed by atoms with Crippen LogP contribution in [0.4, 0.5) is 5.69 Å². The van der Waals surface area contributed by atoms with Crippen LogP contribution in [-0.2, 0) is 14.3 Å². The zero-order valence-electron chi connectivity index (χ0n) is 17.0. The average molecular weight is 445 g/mol. The number of esters is 1. The Hall–Kier alpha value is -3.23. The van der Waals surface area contributed by atoms with Gasteiger partial charge in [-0.05, 0) is 55.8 Å². The molecule has 2 aromatic carbocycles. The molecule has 0 spiro atoms. The van der Waals surface area contributed by atoms with Gasteiger partial charge in [-0.1, -0.05) is 11.6 Å². The molecule has 31 heavy (non-hydrogen) atoms. The van der Waals surface area contributed by atoms with Gasteiger partial charge in [-0.15, -0.1) is 0 Å². The lowest BCUT2D eigenvalue weighted by Gasteiger charge is -2.14. The van der Waals surface area contributed by atoms with Crippen molar-refractivity contribution in [3.05, 3.63) is 64.2 Å². The predicted octanol–water partition coefficient (Wildman–Crippen LogP) is 3.16. The molecule has 1 aliphatic heterocycles. The maximum atomic E-state index is 12.6. The van der Waals surface area contributed by atoms with Crippen LogP contribution >= 0.6 is 11.6 Å². The first-order valence-corrected chi connectivity index (χ1v) is 9.96. The van der Waals surface area contributed by atoms with E-state index in [0.29, 0.717) is 23.7 Å². The van der Waals surface area contributed by atoms with Crippen molar-refractivity contribution in [2.45, 2.75) is 19.4 Å². The van der Waals surface area contributed by atoms with Crippen LogP contribution < -0.4 is 5.32 Å². The van der Waals surface area contributed by atoms with Crippen molar-refractivity contribution < 1.29 is 28.7 Å². The lowest BCUT2D eigenvalue weighted by Crippen LogP contribution is -2.31. The minimum absolute atomic E-state index is 0.0739. The molecule has 3 rings (SSSR count). The number of nitrogens with zero attached hydrogens (tertiary/aromatic N) is 1. The van der Waals surface area contributed by atoms with Crippen molar-refractivity contribution in [2.75, 3.05) is 25.6 Å². The van der Waals surface area contributed by atoms with Crippen LogP contribution in [0.25, 0.3) is 0 Å². The second-order valence-corrected chi connectivity index (χ2v) is 7.35. The molecular formula is C22H21ClN2O6. The second-order valence-electron chi connectivity index (χ2n) is 6.91. The largest absolute Gasteiger partial charge is 0.449 e. The zero-order chi connectivity index (χ0) is 22.5. The lowest BCUT2D eigenvalue weighted by atomic mass is 10.1. The van der Waals surface area contributed by atoms with E-state index < -0.39 is 29.8 Å². The van der Waals surface area contributed by atoms with Crippen LogP contribution in [0, 0.1) is 0 Å². The van der Waals surface area contributed by atoms with Crippen molar-refractivity contribution in [1.29, 1.82) is 0 Å². The summed E-state index contributed by atoms with van der Waals surface area (Å²) >= 11 is 5.81. The first-order valence-electron chi connectivity index (χ1n) is 9.58. The Kier molecular flexibility index (Phi) is 7.04. The van der Waals surface area contributed by atoms with Crippen LogP contribution in [0.15, 0.2) is 42.5 Å². The highest BCUT2D eigenvalue weighted by Gasteiger charge is 2.35. The third-order valence-electron chi connectivity index (χ3n) is 4.70. The van der Waals surface area contributed by atoms with E-state index in [4.69, 9.17) is 21.1 Å². The highest BCUT2D eigenvalue weighted by Crippen LogP contribution is 2.25. The molecule has 162 valence electrons. The van der Waals surface area contributed by atoms with Gasteiger partial charge in [-0.25, -0.2) is 4.79 Å². The zero-order valence-corrected chi connectivity index (χ0v) is 17.8. The Morgan fingerprint density at radius 1 is 1.06 bits per heavy atom. The van der Waals surface area contributed by atoms with Gasteiger partial charge in [0.15, 0.2) is 6.10 Å². The SMILES string of the molecule is COCCCN1C(=O)c2ccc(C(=O)O[C@@H](C)C(=O)Nc3ccc(Cl)cc3)cc2C1=O. The van der Waals surface area contributed by atoms with Gasteiger partial charge in [0.05, 0.1) is 16.7 Å². The van der Waals surface area contributed by atoms with E-state index >= 15 is 0 Å². The Bertz CT molecular complexity index is 1020. The van der Waals surface area contributed by atoms with Gasteiger partial charge in [0, 0.05) is 31.0 Å². The molecule has 0 saturated carbocycles. The summed E-state index contributed by atoms with van der Waals surface area (Å²) in [4.78, 5) is 50.9. The monoisotopic (exact) mass is 444 g/mol. The maximum absolute atomic E-state index is 12.6. The number of hydrogen-bond donors (Lipinski definition) is 1. The average Bonchev–Trinajstić information content (AvgIpc) is 2.99. The van der Waals surface area contributed by atoms with Gasteiger partial charge in [-0.3, -0.25) is 19.3 Å². The molecule has 1 aliphatic rings. The number of nitrogens with one attached hydrogen (secondary N) is 1. The van der Waals surface area contributed by atoms with E-state index in [1.807, 2.05) is 0 Å². The van der Waals surface area contributed by atoms with Gasteiger partial charge < -0.3 is 14.8 Å². The number of hydrogen-bond acceptors (Lipinski definition) is 6. The summed E-state index contributed by atoms with van der Waals surface area (Å²) in [5.41, 5.74) is 0.944. The molecule has 0 fully saturated rings. The Morgan fingerprint density at radius 2 is 1.74 bits per heavy atom. The molecule has 0 aliphatic carbocycles. The fraction of sp³-hybridized carbons (Fsp3) is 0.273. The van der Waals surface area contributed by atoms with Gasteiger partial charge >= 0.3 is 5.97 Å². The summed E-state index contributed by atoms with van der Waals surface area (Å²) in [7, 11) is 1.54. The number of methoxy groups -OCH3 is 1. The number of amides is 3. The summed E-state index contributed by atoms with van der Waals surface area (Å²) in [6, 6.07) is 10.6. The Balaban J connectivity index is 1.65. The first kappa shape index (κ1) is 22.5. The molecule has 0 saturated heterocycles. The molecule has 2 aromatic rings. The number of benzene rings is 2. The molecule has 8 nitrogen and oxygen atoms in total. The van der Waals surface area contributed by atoms with Gasteiger partial charge in [-0.2, -0.15) is 0 Å². The van der Waals surface area contributed by atoms with E-state index in [-0.39, 0.29) is 23.2 Å². The predicted molar refractivity (Wildman–Crippen MR) is 113 cm³/mol. The van der Waals surface area contributed by atoms with Crippen molar-refractivity contribution in [1.82, 2.24) is 4.90 Å². The molecule has 0 bridgehead atoms. The molecule has 1 atom stereocenters. The van der Waals surface area contributed by atoms with E-state index in [0.717, 1.165) is 4.90 Å². The third kappa shape index (κ3) is 5.10. The molecule has 3 amide bonds. The molecule has 0 radical (unpaired) electrons.